The van der Waals surface area contributed by atoms with E-state index in [1.54, 1.807) is 0 Å². The molecule has 0 saturated carbocycles. The lowest BCUT2D eigenvalue weighted by Crippen LogP contribution is -2.20. The minimum Gasteiger partial charge on any atom is -0.392 e. The summed E-state index contributed by atoms with van der Waals surface area (Å²) in [5.74, 6) is 0.192. The maximum Gasteiger partial charge on any atom is 0.190 e. The molecule has 0 unspecified atom stereocenters. The van der Waals surface area contributed by atoms with Crippen molar-refractivity contribution >= 4 is 18.3 Å². The lowest BCUT2D eigenvalue weighted by molar-refractivity contribution is 0.141. The van der Waals surface area contributed by atoms with Crippen LogP contribution in [-0.2, 0) is 20.9 Å². The average Bonchev–Trinajstić information content (AvgIpc) is 2.04. The van der Waals surface area contributed by atoms with Gasteiger partial charge in [-0.15, -0.1) is 0 Å². The van der Waals surface area contributed by atoms with Gasteiger partial charge in [0.15, 0.2) is 6.49 Å². The summed E-state index contributed by atoms with van der Waals surface area (Å²) >= 11 is 5.11. The molecular weight excluding hydrogens is 195 g/mol. The SMILES string of the molecule is COP(=S)(C[C@H](O)C(C)C)OC. The Kier molecular flexibility index (Phi) is 5.53. The molecule has 0 saturated heterocycles. The first-order valence-corrected chi connectivity index (χ1v) is 6.66. The molecule has 0 aliphatic carbocycles. The minimum atomic E-state index is -2.21. The Bertz CT molecular complexity index is 164. The summed E-state index contributed by atoms with van der Waals surface area (Å²) in [5.41, 5.74) is 0. The third-order valence-electron chi connectivity index (χ3n) is 1.74. The largest absolute Gasteiger partial charge is 0.392 e. The van der Waals surface area contributed by atoms with Crippen molar-refractivity contribution in [3.8, 4) is 0 Å². The highest BCUT2D eigenvalue weighted by atomic mass is 32.5. The maximum absolute atomic E-state index is 9.53. The minimum absolute atomic E-state index is 0.192. The third kappa shape index (κ3) is 3.97. The van der Waals surface area contributed by atoms with Crippen LogP contribution >= 0.6 is 6.49 Å². The van der Waals surface area contributed by atoms with Gasteiger partial charge in [-0.3, -0.25) is 0 Å². The van der Waals surface area contributed by atoms with E-state index in [9.17, 15) is 5.11 Å². The second-order valence-corrected chi connectivity index (χ2v) is 6.96. The van der Waals surface area contributed by atoms with Gasteiger partial charge < -0.3 is 14.2 Å². The van der Waals surface area contributed by atoms with E-state index >= 15 is 0 Å². The Morgan fingerprint density at radius 2 is 1.75 bits per heavy atom. The van der Waals surface area contributed by atoms with Gasteiger partial charge in [-0.25, -0.2) is 0 Å². The van der Waals surface area contributed by atoms with Gasteiger partial charge in [0.25, 0.3) is 0 Å². The Morgan fingerprint density at radius 3 is 2.00 bits per heavy atom. The summed E-state index contributed by atoms with van der Waals surface area (Å²) in [5, 5.41) is 9.53. The normalized spacial score (nSPS) is 15.2. The number of aliphatic hydroxyl groups is 1. The topological polar surface area (TPSA) is 38.7 Å². The quantitative estimate of drug-likeness (QED) is 0.703. The van der Waals surface area contributed by atoms with E-state index in [-0.39, 0.29) is 5.92 Å². The summed E-state index contributed by atoms with van der Waals surface area (Å²) in [7, 11) is 3.05. The predicted molar refractivity (Wildman–Crippen MR) is 54.0 cm³/mol. The number of hydrogen-bond donors (Lipinski definition) is 1. The molecule has 0 aliphatic rings. The van der Waals surface area contributed by atoms with Gasteiger partial charge in [-0.1, -0.05) is 13.8 Å². The van der Waals surface area contributed by atoms with Crippen molar-refractivity contribution in [2.45, 2.75) is 20.0 Å². The van der Waals surface area contributed by atoms with Gasteiger partial charge in [-0.2, -0.15) is 0 Å². The van der Waals surface area contributed by atoms with Crippen LogP contribution in [0.4, 0.5) is 0 Å². The zero-order valence-electron chi connectivity index (χ0n) is 7.98. The van der Waals surface area contributed by atoms with E-state index in [0.717, 1.165) is 0 Å². The van der Waals surface area contributed by atoms with Crippen LogP contribution in [0.1, 0.15) is 13.8 Å². The fourth-order valence-electron chi connectivity index (χ4n) is 0.664. The van der Waals surface area contributed by atoms with E-state index < -0.39 is 12.6 Å². The molecule has 0 aromatic rings. The van der Waals surface area contributed by atoms with Gasteiger partial charge in [0.1, 0.15) is 0 Å². The summed E-state index contributed by atoms with van der Waals surface area (Å²) in [6, 6.07) is 0. The summed E-state index contributed by atoms with van der Waals surface area (Å²) < 4.78 is 10.1. The van der Waals surface area contributed by atoms with Gasteiger partial charge >= 0.3 is 0 Å². The van der Waals surface area contributed by atoms with Crippen LogP contribution in [0.15, 0.2) is 0 Å². The van der Waals surface area contributed by atoms with E-state index in [4.69, 9.17) is 20.9 Å². The molecule has 3 nitrogen and oxygen atoms in total. The van der Waals surface area contributed by atoms with Gasteiger partial charge in [0, 0.05) is 20.4 Å². The van der Waals surface area contributed by atoms with Gasteiger partial charge in [0.2, 0.25) is 0 Å². The lowest BCUT2D eigenvalue weighted by atomic mass is 10.1. The van der Waals surface area contributed by atoms with E-state index in [1.807, 2.05) is 13.8 Å². The van der Waals surface area contributed by atoms with Gasteiger partial charge in [-0.05, 0) is 17.7 Å². The van der Waals surface area contributed by atoms with Crippen LogP contribution in [0.2, 0.25) is 0 Å². The Hall–Kier alpha value is 0.530. The molecule has 5 heteroatoms. The van der Waals surface area contributed by atoms with Gasteiger partial charge in [0.05, 0.1) is 6.10 Å². The van der Waals surface area contributed by atoms with E-state index in [2.05, 4.69) is 0 Å². The van der Waals surface area contributed by atoms with Crippen molar-refractivity contribution in [3.63, 3.8) is 0 Å². The molecular formula is C7H17O3PS. The predicted octanol–water partition coefficient (Wildman–Crippen LogP) is 1.61. The average molecular weight is 212 g/mol. The third-order valence-corrected chi connectivity index (χ3v) is 5.01. The first-order chi connectivity index (χ1) is 5.45. The van der Waals surface area contributed by atoms with Crippen molar-refractivity contribution < 1.29 is 14.2 Å². The molecule has 0 aromatic heterocycles. The molecule has 0 heterocycles. The summed E-state index contributed by atoms with van der Waals surface area (Å²) in [4.78, 5) is 0. The van der Waals surface area contributed by atoms with E-state index in [0.29, 0.717) is 6.16 Å². The van der Waals surface area contributed by atoms with Crippen LogP contribution in [0.5, 0.6) is 0 Å². The lowest BCUT2D eigenvalue weighted by Gasteiger charge is -2.22. The van der Waals surface area contributed by atoms with Crippen molar-refractivity contribution in [1.29, 1.82) is 0 Å². The van der Waals surface area contributed by atoms with Crippen molar-refractivity contribution in [3.05, 3.63) is 0 Å². The molecule has 0 bridgehead atoms. The standard InChI is InChI=1S/C7H17O3PS/c1-6(2)7(8)5-11(12,9-3)10-4/h6-8H,5H2,1-4H3/t7-/m0/s1. The first kappa shape index (κ1) is 12.5. The molecule has 74 valence electrons. The molecule has 0 spiro atoms. The van der Waals surface area contributed by atoms with Crippen molar-refractivity contribution in [2.75, 3.05) is 20.4 Å². The summed E-state index contributed by atoms with van der Waals surface area (Å²) in [6.07, 6.45) is -0.0109. The highest BCUT2D eigenvalue weighted by Gasteiger charge is 2.22. The molecule has 1 atom stereocenters. The molecule has 0 rings (SSSR count). The highest BCUT2D eigenvalue weighted by Crippen LogP contribution is 2.47. The number of hydrogen-bond acceptors (Lipinski definition) is 4. The highest BCUT2D eigenvalue weighted by molar-refractivity contribution is 8.09. The monoisotopic (exact) mass is 212 g/mol. The Balaban J connectivity index is 4.12. The second-order valence-electron chi connectivity index (χ2n) is 2.97. The zero-order valence-corrected chi connectivity index (χ0v) is 9.69. The van der Waals surface area contributed by atoms with Crippen molar-refractivity contribution in [1.82, 2.24) is 0 Å². The summed E-state index contributed by atoms with van der Waals surface area (Å²) in [6.45, 7) is 1.67. The molecule has 0 amide bonds. The van der Waals surface area contributed by atoms with Crippen LogP contribution in [0, 0.1) is 5.92 Å². The molecule has 0 fully saturated rings. The van der Waals surface area contributed by atoms with Crippen LogP contribution < -0.4 is 0 Å². The fourth-order valence-corrected chi connectivity index (χ4v) is 2.45. The van der Waals surface area contributed by atoms with Crippen LogP contribution in [0.3, 0.4) is 0 Å². The zero-order chi connectivity index (χ0) is 9.78. The Morgan fingerprint density at radius 1 is 1.33 bits per heavy atom. The first-order valence-electron chi connectivity index (χ1n) is 3.83. The fraction of sp³-hybridized carbons (Fsp3) is 1.00. The smallest absolute Gasteiger partial charge is 0.190 e. The maximum atomic E-state index is 9.53. The second kappa shape index (κ2) is 5.30. The molecule has 0 aliphatic heterocycles. The molecule has 1 N–H and O–H groups in total. The molecule has 12 heavy (non-hydrogen) atoms. The van der Waals surface area contributed by atoms with E-state index in [1.165, 1.54) is 14.2 Å². The number of rotatable bonds is 5. The molecule has 0 aromatic carbocycles. The van der Waals surface area contributed by atoms with Crippen LogP contribution in [-0.4, -0.2) is 31.6 Å². The van der Waals surface area contributed by atoms with Crippen LogP contribution in [0.25, 0.3) is 0 Å². The number of aliphatic hydroxyl groups excluding tert-OH is 1. The molecule has 0 radical (unpaired) electrons. The van der Waals surface area contributed by atoms with Crippen molar-refractivity contribution in [2.24, 2.45) is 5.92 Å². The Labute approximate surface area is 79.2 Å².